The highest BCUT2D eigenvalue weighted by molar-refractivity contribution is 5.88. The van der Waals surface area contributed by atoms with E-state index in [0.29, 0.717) is 32.0 Å². The van der Waals surface area contributed by atoms with Crippen molar-refractivity contribution in [2.24, 2.45) is 11.7 Å². The van der Waals surface area contributed by atoms with Gasteiger partial charge in [0.15, 0.2) is 0 Å². The lowest BCUT2D eigenvalue weighted by Gasteiger charge is -2.35. The standard InChI is InChI=1S/C24H45N3O4/c1-3-4-5-6-7-8-9-10-11-14-23(29)26-21(15-16-22(25)28)24(30)27-17-12-13-20(18-27)19-31-2/h20-21H,3-19H2,1-2H3,(H2,25,28)(H,26,29)/t20?,21-/m1/s1. The minimum Gasteiger partial charge on any atom is -0.384 e. The molecule has 0 spiro atoms. The molecule has 0 aromatic carbocycles. The van der Waals surface area contributed by atoms with Gasteiger partial charge in [0.1, 0.15) is 6.04 Å². The molecule has 0 bridgehead atoms. The van der Waals surface area contributed by atoms with Gasteiger partial charge in [-0.05, 0) is 31.6 Å². The summed E-state index contributed by atoms with van der Waals surface area (Å²) in [6.07, 6.45) is 13.4. The van der Waals surface area contributed by atoms with E-state index < -0.39 is 11.9 Å². The van der Waals surface area contributed by atoms with Crippen molar-refractivity contribution < 1.29 is 19.1 Å². The van der Waals surface area contributed by atoms with Crippen molar-refractivity contribution in [3.8, 4) is 0 Å². The van der Waals surface area contributed by atoms with Gasteiger partial charge in [0.2, 0.25) is 17.7 Å². The first-order valence-corrected chi connectivity index (χ1v) is 12.3. The van der Waals surface area contributed by atoms with E-state index in [1.165, 1.54) is 38.5 Å². The van der Waals surface area contributed by atoms with Crippen LogP contribution in [-0.2, 0) is 19.1 Å². The fraction of sp³-hybridized carbons (Fsp3) is 0.875. The normalized spacial score (nSPS) is 17.4. The number of nitrogens with zero attached hydrogens (tertiary/aromatic N) is 1. The van der Waals surface area contributed by atoms with Crippen molar-refractivity contribution in [3.63, 3.8) is 0 Å². The lowest BCUT2D eigenvalue weighted by atomic mass is 9.97. The average molecular weight is 440 g/mol. The van der Waals surface area contributed by atoms with Crippen LogP contribution >= 0.6 is 0 Å². The minimum atomic E-state index is -0.681. The molecule has 3 N–H and O–H groups in total. The highest BCUT2D eigenvalue weighted by atomic mass is 16.5. The number of nitrogens with two attached hydrogens (primary N) is 1. The molecule has 1 fully saturated rings. The van der Waals surface area contributed by atoms with Crippen LogP contribution in [0.25, 0.3) is 0 Å². The lowest BCUT2D eigenvalue weighted by Crippen LogP contribution is -2.52. The van der Waals surface area contributed by atoms with Crippen LogP contribution in [0.5, 0.6) is 0 Å². The molecule has 0 aromatic heterocycles. The summed E-state index contributed by atoms with van der Waals surface area (Å²) in [6, 6.07) is -0.681. The number of hydrogen-bond donors (Lipinski definition) is 2. The van der Waals surface area contributed by atoms with Gasteiger partial charge >= 0.3 is 0 Å². The summed E-state index contributed by atoms with van der Waals surface area (Å²) in [5.41, 5.74) is 5.28. The zero-order valence-electron chi connectivity index (χ0n) is 19.8. The molecule has 1 aliphatic rings. The van der Waals surface area contributed by atoms with Gasteiger partial charge in [-0.2, -0.15) is 0 Å². The number of primary amides is 1. The summed E-state index contributed by atoms with van der Waals surface area (Å²) in [6.45, 7) is 4.16. The number of carbonyl (C=O) groups is 3. The first-order chi connectivity index (χ1) is 15.0. The Kier molecular flexibility index (Phi) is 15.0. The van der Waals surface area contributed by atoms with Crippen molar-refractivity contribution in [3.05, 3.63) is 0 Å². The molecule has 7 nitrogen and oxygen atoms in total. The van der Waals surface area contributed by atoms with Crippen molar-refractivity contribution in [2.45, 2.75) is 103 Å². The topological polar surface area (TPSA) is 102 Å². The summed E-state index contributed by atoms with van der Waals surface area (Å²) < 4.78 is 5.24. The Labute approximate surface area is 188 Å². The highest BCUT2D eigenvalue weighted by Crippen LogP contribution is 2.18. The minimum absolute atomic E-state index is 0.0874. The van der Waals surface area contributed by atoms with E-state index in [2.05, 4.69) is 12.2 Å². The number of piperidine rings is 1. The van der Waals surface area contributed by atoms with E-state index in [4.69, 9.17) is 10.5 Å². The summed E-state index contributed by atoms with van der Waals surface area (Å²) in [4.78, 5) is 38.5. The summed E-state index contributed by atoms with van der Waals surface area (Å²) in [5, 5.41) is 2.87. The quantitative estimate of drug-likeness (QED) is 0.338. The molecule has 0 saturated carbocycles. The predicted molar refractivity (Wildman–Crippen MR) is 123 cm³/mol. The molecular formula is C24H45N3O4. The third kappa shape index (κ3) is 12.7. The number of likely N-dealkylation sites (tertiary alicyclic amines) is 1. The first kappa shape index (κ1) is 27.4. The van der Waals surface area contributed by atoms with E-state index in [9.17, 15) is 14.4 Å². The Morgan fingerprint density at radius 3 is 2.29 bits per heavy atom. The van der Waals surface area contributed by atoms with Crippen LogP contribution in [0.3, 0.4) is 0 Å². The van der Waals surface area contributed by atoms with Crippen LogP contribution in [-0.4, -0.2) is 55.5 Å². The van der Waals surface area contributed by atoms with Gasteiger partial charge in [-0.15, -0.1) is 0 Å². The van der Waals surface area contributed by atoms with Crippen LogP contribution < -0.4 is 11.1 Å². The maximum absolute atomic E-state index is 13.0. The molecule has 0 aliphatic carbocycles. The predicted octanol–water partition coefficient (Wildman–Crippen LogP) is 3.54. The second-order valence-corrected chi connectivity index (χ2v) is 8.95. The molecule has 1 heterocycles. The van der Waals surface area contributed by atoms with Crippen molar-refractivity contribution in [1.82, 2.24) is 10.2 Å². The second-order valence-electron chi connectivity index (χ2n) is 8.95. The van der Waals surface area contributed by atoms with E-state index in [1.807, 2.05) is 0 Å². The van der Waals surface area contributed by atoms with E-state index in [-0.39, 0.29) is 24.7 Å². The zero-order valence-corrected chi connectivity index (χ0v) is 19.8. The van der Waals surface area contributed by atoms with Gasteiger partial charge in [0, 0.05) is 33.0 Å². The second kappa shape index (κ2) is 17.0. The molecule has 1 rings (SSSR count). The molecule has 3 amide bonds. The van der Waals surface area contributed by atoms with Crippen molar-refractivity contribution in [2.75, 3.05) is 26.8 Å². The number of hydrogen-bond acceptors (Lipinski definition) is 4. The van der Waals surface area contributed by atoms with Gasteiger partial charge in [-0.25, -0.2) is 0 Å². The van der Waals surface area contributed by atoms with Crippen LogP contribution in [0.15, 0.2) is 0 Å². The molecule has 7 heteroatoms. The smallest absolute Gasteiger partial charge is 0.245 e. The van der Waals surface area contributed by atoms with Crippen LogP contribution in [0, 0.1) is 5.92 Å². The molecule has 2 atom stereocenters. The van der Waals surface area contributed by atoms with Crippen LogP contribution in [0.4, 0.5) is 0 Å². The molecule has 180 valence electrons. The Morgan fingerprint density at radius 2 is 1.68 bits per heavy atom. The molecular weight excluding hydrogens is 394 g/mol. The van der Waals surface area contributed by atoms with E-state index in [1.54, 1.807) is 12.0 Å². The third-order valence-corrected chi connectivity index (χ3v) is 6.05. The van der Waals surface area contributed by atoms with Gasteiger partial charge < -0.3 is 20.7 Å². The Hall–Kier alpha value is -1.63. The molecule has 0 aromatic rings. The number of carbonyl (C=O) groups excluding carboxylic acids is 3. The van der Waals surface area contributed by atoms with Gasteiger partial charge in [-0.3, -0.25) is 14.4 Å². The zero-order chi connectivity index (χ0) is 22.9. The number of amides is 3. The number of ether oxygens (including phenoxy) is 1. The fourth-order valence-corrected chi connectivity index (χ4v) is 4.26. The lowest BCUT2D eigenvalue weighted by molar-refractivity contribution is -0.138. The maximum Gasteiger partial charge on any atom is 0.245 e. The SMILES string of the molecule is CCCCCCCCCCCC(=O)N[C@H](CCC(N)=O)C(=O)N1CCCC(COC)C1. The monoisotopic (exact) mass is 439 g/mol. The maximum atomic E-state index is 13.0. The van der Waals surface area contributed by atoms with Gasteiger partial charge in [0.25, 0.3) is 0 Å². The van der Waals surface area contributed by atoms with Crippen molar-refractivity contribution >= 4 is 17.7 Å². The summed E-state index contributed by atoms with van der Waals surface area (Å²) in [5.74, 6) is -0.363. The fourth-order valence-electron chi connectivity index (χ4n) is 4.26. The Balaban J connectivity index is 2.39. The average Bonchev–Trinajstić information content (AvgIpc) is 2.75. The molecule has 0 radical (unpaired) electrons. The number of unbranched alkanes of at least 4 members (excludes halogenated alkanes) is 8. The molecule has 31 heavy (non-hydrogen) atoms. The molecule has 1 unspecified atom stereocenters. The van der Waals surface area contributed by atoms with Gasteiger partial charge in [0.05, 0.1) is 6.61 Å². The highest BCUT2D eigenvalue weighted by Gasteiger charge is 2.30. The van der Waals surface area contributed by atoms with Crippen LogP contribution in [0.2, 0.25) is 0 Å². The van der Waals surface area contributed by atoms with E-state index in [0.717, 1.165) is 32.1 Å². The van der Waals surface area contributed by atoms with Gasteiger partial charge in [-0.1, -0.05) is 58.3 Å². The number of nitrogens with one attached hydrogen (secondary N) is 1. The number of rotatable bonds is 17. The Morgan fingerprint density at radius 1 is 1.03 bits per heavy atom. The largest absolute Gasteiger partial charge is 0.384 e. The summed E-state index contributed by atoms with van der Waals surface area (Å²) in [7, 11) is 1.67. The molecule has 1 saturated heterocycles. The summed E-state index contributed by atoms with van der Waals surface area (Å²) >= 11 is 0. The third-order valence-electron chi connectivity index (χ3n) is 6.05. The molecule has 1 aliphatic heterocycles. The van der Waals surface area contributed by atoms with Crippen LogP contribution in [0.1, 0.15) is 96.8 Å². The Bertz CT molecular complexity index is 525. The number of methoxy groups -OCH3 is 1. The van der Waals surface area contributed by atoms with E-state index >= 15 is 0 Å². The van der Waals surface area contributed by atoms with Crippen molar-refractivity contribution in [1.29, 1.82) is 0 Å². The first-order valence-electron chi connectivity index (χ1n) is 12.3.